The van der Waals surface area contributed by atoms with E-state index in [0.29, 0.717) is 31.2 Å². The summed E-state index contributed by atoms with van der Waals surface area (Å²) in [6.07, 6.45) is 0. The Hall–Kier alpha value is -2.26. The Morgan fingerprint density at radius 2 is 1.92 bits per heavy atom. The van der Waals surface area contributed by atoms with Gasteiger partial charge < -0.3 is 15.6 Å². The van der Waals surface area contributed by atoms with Crippen molar-refractivity contribution in [2.75, 3.05) is 42.7 Å². The van der Waals surface area contributed by atoms with E-state index in [1.165, 1.54) is 6.92 Å². The Bertz CT molecular complexity index is 866. The first-order valence-corrected chi connectivity index (χ1v) is 9.45. The van der Waals surface area contributed by atoms with Gasteiger partial charge >= 0.3 is 0 Å². The van der Waals surface area contributed by atoms with Crippen molar-refractivity contribution >= 4 is 35.0 Å². The van der Waals surface area contributed by atoms with E-state index in [2.05, 4.69) is 15.1 Å². The number of halogens is 1. The highest BCUT2D eigenvalue weighted by molar-refractivity contribution is 7.99. The summed E-state index contributed by atoms with van der Waals surface area (Å²) < 4.78 is 0.926. The predicted molar refractivity (Wildman–Crippen MR) is 102 cm³/mol. The van der Waals surface area contributed by atoms with Gasteiger partial charge in [-0.15, -0.1) is 10.2 Å². The number of aromatic nitrogens is 3. The molecule has 8 nitrogen and oxygen atoms in total. The summed E-state index contributed by atoms with van der Waals surface area (Å²) >= 11 is 7.34. The second-order valence-corrected chi connectivity index (χ2v) is 7.20. The molecule has 2 N–H and O–H groups in total. The van der Waals surface area contributed by atoms with Gasteiger partial charge in [-0.2, -0.15) is 4.68 Å². The van der Waals surface area contributed by atoms with Crippen molar-refractivity contribution in [1.29, 1.82) is 0 Å². The molecule has 1 aromatic carbocycles. The van der Waals surface area contributed by atoms with Gasteiger partial charge in [-0.25, -0.2) is 0 Å². The molecule has 0 unspecified atom stereocenters. The molecule has 0 bridgehead atoms. The predicted octanol–water partition coefficient (Wildman–Crippen LogP) is 0.755. The number of para-hydroxylation sites is 1. The van der Waals surface area contributed by atoms with Crippen molar-refractivity contribution < 1.29 is 4.79 Å². The molecule has 2 heterocycles. The summed E-state index contributed by atoms with van der Waals surface area (Å²) in [7, 11) is 0. The van der Waals surface area contributed by atoms with Crippen LogP contribution in [0.4, 0.5) is 5.69 Å². The number of carbonyl (C=O) groups is 1. The number of carbonyl (C=O) groups excluding carboxylic acids is 1. The summed E-state index contributed by atoms with van der Waals surface area (Å²) in [5, 5.41) is 8.56. The fourth-order valence-electron chi connectivity index (χ4n) is 2.69. The first-order valence-electron chi connectivity index (χ1n) is 8.09. The Morgan fingerprint density at radius 3 is 2.62 bits per heavy atom. The number of nitrogens with two attached hydrogens (primary N) is 1. The van der Waals surface area contributed by atoms with E-state index in [1.807, 2.05) is 24.3 Å². The van der Waals surface area contributed by atoms with Crippen molar-refractivity contribution in [2.24, 2.45) is 0 Å². The van der Waals surface area contributed by atoms with E-state index in [0.717, 1.165) is 22.1 Å². The summed E-state index contributed by atoms with van der Waals surface area (Å²) in [4.78, 5) is 28.1. The molecule has 1 fully saturated rings. The lowest BCUT2D eigenvalue weighted by atomic mass is 10.2. The standard InChI is InChI=1S/C16H19ClN6O2S/c1-11-15(25)23(18)16(20-19-11)26-10-14(24)22-8-6-21(7-9-22)13-5-3-2-4-12(13)17/h2-5H,6-10,18H2,1H3. The maximum Gasteiger partial charge on any atom is 0.294 e. The van der Waals surface area contributed by atoms with Crippen LogP contribution in [0.5, 0.6) is 0 Å². The Labute approximate surface area is 159 Å². The van der Waals surface area contributed by atoms with E-state index in [1.54, 1.807) is 4.90 Å². The number of amides is 1. The number of hydrogen-bond acceptors (Lipinski definition) is 7. The number of aryl methyl sites for hydroxylation is 1. The molecule has 1 aromatic heterocycles. The number of nitrogen functional groups attached to an aromatic ring is 1. The molecular formula is C16H19ClN6O2S. The van der Waals surface area contributed by atoms with Crippen LogP contribution in [0.1, 0.15) is 5.69 Å². The van der Waals surface area contributed by atoms with Gasteiger partial charge in [0.2, 0.25) is 11.1 Å². The molecule has 10 heteroatoms. The molecule has 26 heavy (non-hydrogen) atoms. The minimum atomic E-state index is -0.414. The maximum atomic E-state index is 12.4. The van der Waals surface area contributed by atoms with Gasteiger partial charge in [0.05, 0.1) is 16.5 Å². The number of rotatable bonds is 4. The van der Waals surface area contributed by atoms with Crippen molar-refractivity contribution in [3.8, 4) is 0 Å². The monoisotopic (exact) mass is 394 g/mol. The van der Waals surface area contributed by atoms with Crippen LogP contribution in [0.15, 0.2) is 34.2 Å². The van der Waals surface area contributed by atoms with Crippen LogP contribution < -0.4 is 16.3 Å². The van der Waals surface area contributed by atoms with Crippen molar-refractivity contribution in [3.05, 3.63) is 45.3 Å². The molecule has 0 saturated carbocycles. The zero-order chi connectivity index (χ0) is 18.7. The number of thioether (sulfide) groups is 1. The largest absolute Gasteiger partial charge is 0.367 e. The molecule has 1 aliphatic rings. The fraction of sp³-hybridized carbons (Fsp3) is 0.375. The van der Waals surface area contributed by atoms with Crippen LogP contribution in [-0.4, -0.2) is 57.6 Å². The minimum absolute atomic E-state index is 0.0244. The number of anilines is 1. The summed E-state index contributed by atoms with van der Waals surface area (Å²) in [6, 6.07) is 7.68. The summed E-state index contributed by atoms with van der Waals surface area (Å²) in [5.74, 6) is 5.81. The van der Waals surface area contributed by atoms with E-state index in [-0.39, 0.29) is 22.5 Å². The molecule has 3 rings (SSSR count). The van der Waals surface area contributed by atoms with Crippen molar-refractivity contribution in [1.82, 2.24) is 19.8 Å². The zero-order valence-corrected chi connectivity index (χ0v) is 15.8. The quantitative estimate of drug-likeness (QED) is 0.603. The number of hydrogen-bond donors (Lipinski definition) is 1. The highest BCUT2D eigenvalue weighted by Gasteiger charge is 2.23. The Balaban J connectivity index is 1.55. The fourth-order valence-corrected chi connectivity index (χ4v) is 3.70. The average Bonchev–Trinajstić information content (AvgIpc) is 2.66. The zero-order valence-electron chi connectivity index (χ0n) is 14.3. The number of nitrogens with zero attached hydrogens (tertiary/aromatic N) is 5. The van der Waals surface area contributed by atoms with Gasteiger partial charge in [0, 0.05) is 26.2 Å². The molecule has 0 atom stereocenters. The topological polar surface area (TPSA) is 97.3 Å². The van der Waals surface area contributed by atoms with Crippen LogP contribution in [0, 0.1) is 6.92 Å². The third-order valence-electron chi connectivity index (χ3n) is 4.17. The molecule has 1 saturated heterocycles. The lowest BCUT2D eigenvalue weighted by Crippen LogP contribution is -2.49. The van der Waals surface area contributed by atoms with Gasteiger partial charge in [-0.05, 0) is 19.1 Å². The molecule has 1 amide bonds. The van der Waals surface area contributed by atoms with Crippen molar-refractivity contribution in [3.63, 3.8) is 0 Å². The van der Waals surface area contributed by atoms with Gasteiger partial charge in [-0.3, -0.25) is 9.59 Å². The van der Waals surface area contributed by atoms with Crippen LogP contribution in [-0.2, 0) is 4.79 Å². The first kappa shape index (κ1) is 18.5. The molecule has 1 aliphatic heterocycles. The van der Waals surface area contributed by atoms with Crippen LogP contribution in [0.2, 0.25) is 5.02 Å². The number of benzene rings is 1. The van der Waals surface area contributed by atoms with Gasteiger partial charge in [0.25, 0.3) is 5.56 Å². The van der Waals surface area contributed by atoms with Gasteiger partial charge in [-0.1, -0.05) is 35.5 Å². The molecule has 0 radical (unpaired) electrons. The van der Waals surface area contributed by atoms with E-state index >= 15 is 0 Å². The van der Waals surface area contributed by atoms with Crippen LogP contribution in [0.3, 0.4) is 0 Å². The molecular weight excluding hydrogens is 376 g/mol. The van der Waals surface area contributed by atoms with Crippen LogP contribution in [0.25, 0.3) is 0 Å². The summed E-state index contributed by atoms with van der Waals surface area (Å²) in [5.41, 5.74) is 0.792. The minimum Gasteiger partial charge on any atom is -0.367 e. The smallest absolute Gasteiger partial charge is 0.294 e. The first-order chi connectivity index (χ1) is 12.5. The molecule has 138 valence electrons. The second kappa shape index (κ2) is 7.96. The molecule has 0 aliphatic carbocycles. The lowest BCUT2D eigenvalue weighted by Gasteiger charge is -2.36. The Kier molecular flexibility index (Phi) is 5.67. The second-order valence-electron chi connectivity index (χ2n) is 5.85. The maximum absolute atomic E-state index is 12.4. The average molecular weight is 395 g/mol. The van der Waals surface area contributed by atoms with Gasteiger partial charge in [0.1, 0.15) is 5.69 Å². The molecule has 0 spiro atoms. The third kappa shape index (κ3) is 3.94. The molecule has 2 aromatic rings. The van der Waals surface area contributed by atoms with Crippen molar-refractivity contribution in [2.45, 2.75) is 12.1 Å². The SMILES string of the molecule is Cc1nnc(SCC(=O)N2CCN(c3ccccc3Cl)CC2)n(N)c1=O. The third-order valence-corrected chi connectivity index (χ3v) is 5.42. The number of piperazine rings is 1. The highest BCUT2D eigenvalue weighted by atomic mass is 35.5. The van der Waals surface area contributed by atoms with E-state index < -0.39 is 5.56 Å². The van der Waals surface area contributed by atoms with E-state index in [4.69, 9.17) is 17.4 Å². The normalized spacial score (nSPS) is 14.5. The summed E-state index contributed by atoms with van der Waals surface area (Å²) in [6.45, 7) is 4.19. The Morgan fingerprint density at radius 1 is 1.23 bits per heavy atom. The lowest BCUT2D eigenvalue weighted by molar-refractivity contribution is -0.128. The highest BCUT2D eigenvalue weighted by Crippen LogP contribution is 2.26. The van der Waals surface area contributed by atoms with E-state index in [9.17, 15) is 9.59 Å². The van der Waals surface area contributed by atoms with Gasteiger partial charge in [0.15, 0.2) is 0 Å². The van der Waals surface area contributed by atoms with Crippen LogP contribution >= 0.6 is 23.4 Å².